The molecule has 0 saturated carbocycles. The third-order valence-corrected chi connectivity index (χ3v) is 5.78. The lowest BCUT2D eigenvalue weighted by molar-refractivity contribution is 0.0948. The van der Waals surface area contributed by atoms with Gasteiger partial charge >= 0.3 is 0 Å². The zero-order valence-corrected chi connectivity index (χ0v) is 18.0. The van der Waals surface area contributed by atoms with Crippen LogP contribution in [-0.4, -0.2) is 57.2 Å². The van der Waals surface area contributed by atoms with E-state index in [1.54, 1.807) is 7.11 Å². The largest absolute Gasteiger partial charge is 0.497 e. The zero-order valence-electron chi connectivity index (χ0n) is 18.0. The fourth-order valence-electron chi connectivity index (χ4n) is 3.90. The van der Waals surface area contributed by atoms with Gasteiger partial charge in [-0.3, -0.25) is 9.69 Å². The summed E-state index contributed by atoms with van der Waals surface area (Å²) in [5, 5.41) is 3.05. The lowest BCUT2D eigenvalue weighted by Crippen LogP contribution is -2.48. The van der Waals surface area contributed by atoms with E-state index in [4.69, 9.17) is 4.74 Å². The number of piperazine rings is 1. The Morgan fingerprint density at radius 2 is 1.48 bits per heavy atom. The first-order valence-corrected chi connectivity index (χ1v) is 10.8. The average molecular weight is 416 g/mol. The highest BCUT2D eigenvalue weighted by atomic mass is 16.5. The van der Waals surface area contributed by atoms with E-state index in [-0.39, 0.29) is 5.91 Å². The highest BCUT2D eigenvalue weighted by molar-refractivity contribution is 5.94. The zero-order chi connectivity index (χ0) is 21.5. The second-order valence-corrected chi connectivity index (χ2v) is 7.73. The number of anilines is 1. The molecule has 160 valence electrons. The van der Waals surface area contributed by atoms with Crippen LogP contribution in [0.3, 0.4) is 0 Å². The Bertz CT molecular complexity index is 964. The van der Waals surface area contributed by atoms with Crippen molar-refractivity contribution < 1.29 is 9.53 Å². The van der Waals surface area contributed by atoms with Crippen molar-refractivity contribution in [2.75, 3.05) is 51.3 Å². The van der Waals surface area contributed by atoms with Crippen LogP contribution in [0, 0.1) is 0 Å². The molecule has 0 unspecified atom stereocenters. The Kier molecular flexibility index (Phi) is 6.85. The van der Waals surface area contributed by atoms with Crippen LogP contribution in [0.25, 0.3) is 11.1 Å². The number of hydrogen-bond acceptors (Lipinski definition) is 4. The molecule has 1 fully saturated rings. The summed E-state index contributed by atoms with van der Waals surface area (Å²) in [4.78, 5) is 17.3. The summed E-state index contributed by atoms with van der Waals surface area (Å²) in [6, 6.07) is 26.2. The predicted molar refractivity (Wildman–Crippen MR) is 126 cm³/mol. The SMILES string of the molecule is COc1ccc(N2CCN(CCNC(=O)c3ccc(-c4ccccc4)cc3)CC2)cc1. The van der Waals surface area contributed by atoms with Gasteiger partial charge in [-0.1, -0.05) is 42.5 Å². The molecule has 1 amide bonds. The normalized spacial score (nSPS) is 14.3. The van der Waals surface area contributed by atoms with Crippen LogP contribution in [0.15, 0.2) is 78.9 Å². The summed E-state index contributed by atoms with van der Waals surface area (Å²) < 4.78 is 5.23. The molecule has 5 heteroatoms. The minimum absolute atomic E-state index is 0.0171. The van der Waals surface area contributed by atoms with Gasteiger partial charge in [0.05, 0.1) is 7.11 Å². The third-order valence-electron chi connectivity index (χ3n) is 5.78. The van der Waals surface area contributed by atoms with Gasteiger partial charge in [0, 0.05) is 50.5 Å². The van der Waals surface area contributed by atoms with Crippen LogP contribution in [0.1, 0.15) is 10.4 Å². The number of carbonyl (C=O) groups excluding carboxylic acids is 1. The minimum Gasteiger partial charge on any atom is -0.497 e. The van der Waals surface area contributed by atoms with Crippen LogP contribution >= 0.6 is 0 Å². The molecule has 3 aromatic carbocycles. The molecule has 1 heterocycles. The van der Waals surface area contributed by atoms with Gasteiger partial charge in [-0.15, -0.1) is 0 Å². The molecule has 0 aromatic heterocycles. The quantitative estimate of drug-likeness (QED) is 0.635. The molecule has 0 atom stereocenters. The van der Waals surface area contributed by atoms with Gasteiger partial charge in [0.1, 0.15) is 5.75 Å². The van der Waals surface area contributed by atoms with Gasteiger partial charge in [-0.2, -0.15) is 0 Å². The number of ether oxygens (including phenoxy) is 1. The van der Waals surface area contributed by atoms with Gasteiger partial charge in [0.2, 0.25) is 0 Å². The molecule has 1 aliphatic rings. The molecule has 31 heavy (non-hydrogen) atoms. The number of amides is 1. The number of carbonyl (C=O) groups is 1. The molecule has 0 radical (unpaired) electrons. The molecule has 0 aliphatic carbocycles. The van der Waals surface area contributed by atoms with E-state index in [0.29, 0.717) is 12.1 Å². The number of rotatable bonds is 7. The summed E-state index contributed by atoms with van der Waals surface area (Å²) in [6.07, 6.45) is 0. The van der Waals surface area contributed by atoms with Crippen LogP contribution in [0.2, 0.25) is 0 Å². The van der Waals surface area contributed by atoms with E-state index >= 15 is 0 Å². The predicted octanol–water partition coefficient (Wildman–Crippen LogP) is 3.91. The molecule has 4 rings (SSSR count). The molecule has 0 spiro atoms. The lowest BCUT2D eigenvalue weighted by atomic mass is 10.0. The molecule has 1 saturated heterocycles. The van der Waals surface area contributed by atoms with E-state index in [9.17, 15) is 4.79 Å². The maximum atomic E-state index is 12.5. The molecule has 1 N–H and O–H groups in total. The molecule has 0 bridgehead atoms. The third kappa shape index (κ3) is 5.44. The first-order chi connectivity index (χ1) is 15.2. The Labute approximate surface area is 184 Å². The highest BCUT2D eigenvalue weighted by Gasteiger charge is 2.17. The summed E-state index contributed by atoms with van der Waals surface area (Å²) in [5.41, 5.74) is 4.20. The van der Waals surface area contributed by atoms with Gasteiger partial charge in [0.15, 0.2) is 0 Å². The standard InChI is InChI=1S/C26H29N3O2/c1-31-25-13-11-24(12-14-25)29-19-17-28(18-20-29)16-15-27-26(30)23-9-7-22(8-10-23)21-5-3-2-4-6-21/h2-14H,15-20H2,1H3,(H,27,30). The summed E-state index contributed by atoms with van der Waals surface area (Å²) in [6.45, 7) is 5.48. The van der Waals surface area contributed by atoms with Crippen LogP contribution in [0.4, 0.5) is 5.69 Å². The molecule has 1 aliphatic heterocycles. The van der Waals surface area contributed by atoms with Gasteiger partial charge in [-0.05, 0) is 47.5 Å². The van der Waals surface area contributed by atoms with E-state index in [0.717, 1.165) is 49.6 Å². The van der Waals surface area contributed by atoms with Crippen molar-refractivity contribution in [3.63, 3.8) is 0 Å². The van der Waals surface area contributed by atoms with Crippen LogP contribution in [-0.2, 0) is 0 Å². The summed E-state index contributed by atoms with van der Waals surface area (Å²) >= 11 is 0. The monoisotopic (exact) mass is 415 g/mol. The summed E-state index contributed by atoms with van der Waals surface area (Å²) in [5.74, 6) is 0.865. The topological polar surface area (TPSA) is 44.8 Å². The number of benzene rings is 3. The maximum absolute atomic E-state index is 12.5. The van der Waals surface area contributed by atoms with Gasteiger partial charge in [-0.25, -0.2) is 0 Å². The Morgan fingerprint density at radius 1 is 0.839 bits per heavy atom. The smallest absolute Gasteiger partial charge is 0.251 e. The Hall–Kier alpha value is -3.31. The van der Waals surface area contributed by atoms with Crippen molar-refractivity contribution in [2.45, 2.75) is 0 Å². The van der Waals surface area contributed by atoms with Crippen LogP contribution < -0.4 is 15.0 Å². The molecule has 3 aromatic rings. The van der Waals surface area contributed by atoms with Crippen molar-refractivity contribution in [1.82, 2.24) is 10.2 Å². The molecular weight excluding hydrogens is 386 g/mol. The Morgan fingerprint density at radius 3 is 2.13 bits per heavy atom. The van der Waals surface area contributed by atoms with Gasteiger partial charge < -0.3 is 15.0 Å². The fraction of sp³-hybridized carbons (Fsp3) is 0.269. The number of methoxy groups -OCH3 is 1. The lowest BCUT2D eigenvalue weighted by Gasteiger charge is -2.36. The highest BCUT2D eigenvalue weighted by Crippen LogP contribution is 2.21. The van der Waals surface area contributed by atoms with Crippen molar-refractivity contribution in [3.8, 4) is 16.9 Å². The van der Waals surface area contributed by atoms with Gasteiger partial charge in [0.25, 0.3) is 5.91 Å². The van der Waals surface area contributed by atoms with Crippen molar-refractivity contribution in [1.29, 1.82) is 0 Å². The van der Waals surface area contributed by atoms with E-state index < -0.39 is 0 Å². The number of hydrogen-bond donors (Lipinski definition) is 1. The first kappa shape index (κ1) is 20.9. The fourth-order valence-corrected chi connectivity index (χ4v) is 3.90. The number of nitrogens with one attached hydrogen (secondary N) is 1. The first-order valence-electron chi connectivity index (χ1n) is 10.8. The molecule has 5 nitrogen and oxygen atoms in total. The maximum Gasteiger partial charge on any atom is 0.251 e. The summed E-state index contributed by atoms with van der Waals surface area (Å²) in [7, 11) is 1.69. The van der Waals surface area contributed by atoms with E-state index in [2.05, 4.69) is 39.4 Å². The van der Waals surface area contributed by atoms with Crippen molar-refractivity contribution in [2.24, 2.45) is 0 Å². The van der Waals surface area contributed by atoms with Crippen molar-refractivity contribution >= 4 is 11.6 Å². The Balaban J connectivity index is 1.20. The molecular formula is C26H29N3O2. The van der Waals surface area contributed by atoms with Crippen molar-refractivity contribution in [3.05, 3.63) is 84.4 Å². The minimum atomic E-state index is -0.0171. The van der Waals surface area contributed by atoms with E-state index in [1.807, 2.05) is 54.6 Å². The van der Waals surface area contributed by atoms with Crippen LogP contribution in [0.5, 0.6) is 5.75 Å². The number of nitrogens with zero attached hydrogens (tertiary/aromatic N) is 2. The second-order valence-electron chi connectivity index (χ2n) is 7.73. The average Bonchev–Trinajstić information content (AvgIpc) is 2.85. The van der Waals surface area contributed by atoms with E-state index in [1.165, 1.54) is 5.69 Å². The second kappa shape index (κ2) is 10.1.